The number of rotatable bonds is 6. The van der Waals surface area contributed by atoms with Crippen LogP contribution in [0.15, 0.2) is 42.5 Å². The lowest BCUT2D eigenvalue weighted by Crippen LogP contribution is -2.39. The van der Waals surface area contributed by atoms with Crippen molar-refractivity contribution < 1.29 is 14.0 Å². The van der Waals surface area contributed by atoms with Crippen LogP contribution in [-0.2, 0) is 17.9 Å². The molecule has 0 aliphatic carbocycles. The second kappa shape index (κ2) is 8.20. The molecular weight excluding hydrogens is 345 g/mol. The summed E-state index contributed by atoms with van der Waals surface area (Å²) in [4.78, 5) is 27.9. The van der Waals surface area contributed by atoms with E-state index in [4.69, 9.17) is 0 Å². The van der Waals surface area contributed by atoms with Crippen LogP contribution in [0.25, 0.3) is 0 Å². The van der Waals surface area contributed by atoms with Crippen molar-refractivity contribution in [2.45, 2.75) is 26.9 Å². The number of aryl methyl sites for hydroxylation is 2. The van der Waals surface area contributed by atoms with Gasteiger partial charge in [-0.2, -0.15) is 0 Å². The third-order valence-electron chi connectivity index (χ3n) is 4.78. The maximum Gasteiger partial charge on any atom is 0.320 e. The monoisotopic (exact) mass is 369 g/mol. The molecule has 6 heteroatoms. The number of carbonyl (C=O) groups is 2. The minimum atomic E-state index is -0.298. The van der Waals surface area contributed by atoms with E-state index in [0.29, 0.717) is 26.2 Å². The van der Waals surface area contributed by atoms with Gasteiger partial charge in [0.25, 0.3) is 0 Å². The number of halogens is 1. The highest BCUT2D eigenvalue weighted by Crippen LogP contribution is 2.14. The molecule has 0 bridgehead atoms. The topological polar surface area (TPSA) is 52.7 Å². The molecule has 0 atom stereocenters. The lowest BCUT2D eigenvalue weighted by atomic mass is 10.1. The fraction of sp³-hybridized carbons (Fsp3) is 0.333. The van der Waals surface area contributed by atoms with Crippen molar-refractivity contribution in [3.63, 3.8) is 0 Å². The summed E-state index contributed by atoms with van der Waals surface area (Å²) in [6.07, 6.45) is 0. The first kappa shape index (κ1) is 18.9. The van der Waals surface area contributed by atoms with Crippen molar-refractivity contribution in [3.05, 3.63) is 70.5 Å². The molecule has 1 heterocycles. The Balaban J connectivity index is 1.50. The van der Waals surface area contributed by atoms with Crippen molar-refractivity contribution in [1.82, 2.24) is 15.1 Å². The van der Waals surface area contributed by atoms with E-state index in [1.807, 2.05) is 26.0 Å². The summed E-state index contributed by atoms with van der Waals surface area (Å²) in [5.41, 5.74) is 4.22. The normalized spacial score (nSPS) is 14.0. The Morgan fingerprint density at radius 1 is 1.07 bits per heavy atom. The lowest BCUT2D eigenvalue weighted by Gasteiger charge is -2.18. The van der Waals surface area contributed by atoms with Crippen LogP contribution in [-0.4, -0.2) is 41.4 Å². The van der Waals surface area contributed by atoms with Crippen LogP contribution in [0, 0.1) is 19.7 Å². The van der Waals surface area contributed by atoms with E-state index >= 15 is 0 Å². The Labute approximate surface area is 158 Å². The quantitative estimate of drug-likeness (QED) is 0.851. The SMILES string of the molecule is Cc1ccc(C)c(CNC(=O)CN2CCN(Cc3ccc(F)cc3)C2=O)c1. The first-order valence-corrected chi connectivity index (χ1v) is 9.03. The van der Waals surface area contributed by atoms with E-state index in [1.165, 1.54) is 12.1 Å². The molecule has 1 N–H and O–H groups in total. The van der Waals surface area contributed by atoms with Gasteiger partial charge in [-0.15, -0.1) is 0 Å². The summed E-state index contributed by atoms with van der Waals surface area (Å²) in [6.45, 7) is 6.01. The number of nitrogens with zero attached hydrogens (tertiary/aromatic N) is 2. The lowest BCUT2D eigenvalue weighted by molar-refractivity contribution is -0.121. The van der Waals surface area contributed by atoms with Gasteiger partial charge in [0.15, 0.2) is 0 Å². The molecule has 27 heavy (non-hydrogen) atoms. The van der Waals surface area contributed by atoms with Gasteiger partial charge in [-0.3, -0.25) is 4.79 Å². The van der Waals surface area contributed by atoms with Gasteiger partial charge in [-0.1, -0.05) is 35.9 Å². The summed E-state index contributed by atoms with van der Waals surface area (Å²) in [7, 11) is 0. The molecule has 1 saturated heterocycles. The summed E-state index contributed by atoms with van der Waals surface area (Å²) in [5.74, 6) is -0.471. The number of hydrogen-bond acceptors (Lipinski definition) is 2. The second-order valence-electron chi connectivity index (χ2n) is 6.96. The first-order chi connectivity index (χ1) is 12.9. The number of benzene rings is 2. The Hall–Kier alpha value is -2.89. The predicted octanol–water partition coefficient (Wildman–Crippen LogP) is 3.00. The Bertz CT molecular complexity index is 836. The van der Waals surface area contributed by atoms with Gasteiger partial charge >= 0.3 is 6.03 Å². The number of carbonyl (C=O) groups excluding carboxylic acids is 2. The molecule has 0 saturated carbocycles. The molecule has 2 aromatic rings. The molecule has 0 spiro atoms. The zero-order chi connectivity index (χ0) is 19.4. The van der Waals surface area contributed by atoms with E-state index in [9.17, 15) is 14.0 Å². The molecule has 2 aromatic carbocycles. The van der Waals surface area contributed by atoms with Gasteiger partial charge < -0.3 is 15.1 Å². The standard InChI is InChI=1S/C21H24FN3O2/c1-15-3-4-16(2)18(11-15)12-23-20(26)14-25-10-9-24(21(25)27)13-17-5-7-19(22)8-6-17/h3-8,11H,9-10,12-14H2,1-2H3,(H,23,26). The average molecular weight is 369 g/mol. The maximum atomic E-state index is 13.0. The molecule has 0 radical (unpaired) electrons. The van der Waals surface area contributed by atoms with Crippen molar-refractivity contribution in [1.29, 1.82) is 0 Å². The number of amides is 3. The highest BCUT2D eigenvalue weighted by Gasteiger charge is 2.29. The van der Waals surface area contributed by atoms with Crippen molar-refractivity contribution in [2.75, 3.05) is 19.6 Å². The molecule has 1 aliphatic heterocycles. The molecule has 0 aromatic heterocycles. The van der Waals surface area contributed by atoms with E-state index in [2.05, 4.69) is 11.4 Å². The van der Waals surface area contributed by atoms with Crippen LogP contribution in [0.3, 0.4) is 0 Å². The van der Waals surface area contributed by atoms with E-state index in [1.54, 1.807) is 21.9 Å². The van der Waals surface area contributed by atoms with Gasteiger partial charge in [-0.25, -0.2) is 9.18 Å². The van der Waals surface area contributed by atoms with Crippen molar-refractivity contribution in [3.8, 4) is 0 Å². The van der Waals surface area contributed by atoms with Gasteiger partial charge in [-0.05, 0) is 42.7 Å². The zero-order valence-corrected chi connectivity index (χ0v) is 15.7. The Kier molecular flexibility index (Phi) is 5.74. The fourth-order valence-corrected chi connectivity index (χ4v) is 3.15. The van der Waals surface area contributed by atoms with Crippen LogP contribution in [0.1, 0.15) is 22.3 Å². The third kappa shape index (κ3) is 4.84. The highest BCUT2D eigenvalue weighted by atomic mass is 19.1. The second-order valence-corrected chi connectivity index (χ2v) is 6.96. The summed E-state index contributed by atoms with van der Waals surface area (Å²) >= 11 is 0. The molecule has 142 valence electrons. The molecule has 3 rings (SSSR count). The Morgan fingerprint density at radius 2 is 1.78 bits per heavy atom. The molecule has 1 fully saturated rings. The predicted molar refractivity (Wildman–Crippen MR) is 102 cm³/mol. The van der Waals surface area contributed by atoms with Crippen molar-refractivity contribution >= 4 is 11.9 Å². The van der Waals surface area contributed by atoms with Gasteiger partial charge in [0.2, 0.25) is 5.91 Å². The fourth-order valence-electron chi connectivity index (χ4n) is 3.15. The van der Waals surface area contributed by atoms with Crippen LogP contribution >= 0.6 is 0 Å². The van der Waals surface area contributed by atoms with Gasteiger partial charge in [0, 0.05) is 26.2 Å². The molecular formula is C21H24FN3O2. The van der Waals surface area contributed by atoms with E-state index in [-0.39, 0.29) is 24.3 Å². The Morgan fingerprint density at radius 3 is 2.52 bits per heavy atom. The molecule has 5 nitrogen and oxygen atoms in total. The molecule has 3 amide bonds. The summed E-state index contributed by atoms with van der Waals surface area (Å²) in [5, 5.41) is 2.89. The van der Waals surface area contributed by atoms with Crippen LogP contribution in [0.2, 0.25) is 0 Å². The van der Waals surface area contributed by atoms with Gasteiger partial charge in [0.1, 0.15) is 12.4 Å². The number of hydrogen-bond donors (Lipinski definition) is 1. The highest BCUT2D eigenvalue weighted by molar-refractivity contribution is 5.85. The van der Waals surface area contributed by atoms with Gasteiger partial charge in [0.05, 0.1) is 0 Å². The van der Waals surface area contributed by atoms with Crippen molar-refractivity contribution in [2.24, 2.45) is 0 Å². The minimum absolute atomic E-state index is 0.0453. The smallest absolute Gasteiger partial charge is 0.320 e. The molecule has 0 unspecified atom stereocenters. The zero-order valence-electron chi connectivity index (χ0n) is 15.7. The largest absolute Gasteiger partial charge is 0.350 e. The van der Waals surface area contributed by atoms with Crippen LogP contribution in [0.4, 0.5) is 9.18 Å². The summed E-state index contributed by atoms with van der Waals surface area (Å²) in [6, 6.07) is 12.1. The molecule has 1 aliphatic rings. The van der Waals surface area contributed by atoms with E-state index < -0.39 is 0 Å². The number of urea groups is 1. The average Bonchev–Trinajstić information content (AvgIpc) is 2.97. The third-order valence-corrected chi connectivity index (χ3v) is 4.78. The summed E-state index contributed by atoms with van der Waals surface area (Å²) < 4.78 is 13.0. The van der Waals surface area contributed by atoms with Crippen LogP contribution in [0.5, 0.6) is 0 Å². The maximum absolute atomic E-state index is 13.0. The first-order valence-electron chi connectivity index (χ1n) is 9.03. The van der Waals surface area contributed by atoms with Crippen LogP contribution < -0.4 is 5.32 Å². The number of nitrogens with one attached hydrogen (secondary N) is 1. The van der Waals surface area contributed by atoms with E-state index in [0.717, 1.165) is 22.3 Å². The minimum Gasteiger partial charge on any atom is -0.350 e.